The molecule has 1 aromatic rings. The zero-order chi connectivity index (χ0) is 12.0. The number of carbonyl (C=O) groups is 1. The Bertz CT molecular complexity index is 487. The molecular formula is C13H14FNO2. The summed E-state index contributed by atoms with van der Waals surface area (Å²) >= 11 is 0. The second kappa shape index (κ2) is 3.81. The molecule has 0 saturated carbocycles. The van der Waals surface area contributed by atoms with E-state index in [1.807, 2.05) is 6.07 Å². The molecule has 3 nitrogen and oxygen atoms in total. The Morgan fingerprint density at radius 2 is 2.18 bits per heavy atom. The second-order valence-corrected chi connectivity index (χ2v) is 4.83. The monoisotopic (exact) mass is 235 g/mol. The SMILES string of the molecule is O=C1CC(c2cc3c(cc2F)C(O)CC3)CN1. The highest BCUT2D eigenvalue weighted by Gasteiger charge is 2.29. The zero-order valence-electron chi connectivity index (χ0n) is 9.37. The molecule has 2 unspecified atom stereocenters. The smallest absolute Gasteiger partial charge is 0.220 e. The van der Waals surface area contributed by atoms with E-state index in [0.717, 1.165) is 12.0 Å². The van der Waals surface area contributed by atoms with Gasteiger partial charge in [0.05, 0.1) is 6.10 Å². The molecule has 1 aromatic carbocycles. The highest BCUT2D eigenvalue weighted by Crippen LogP contribution is 2.35. The maximum Gasteiger partial charge on any atom is 0.220 e. The number of benzene rings is 1. The van der Waals surface area contributed by atoms with Crippen molar-refractivity contribution in [2.75, 3.05) is 6.54 Å². The number of halogens is 1. The fourth-order valence-electron chi connectivity index (χ4n) is 2.76. The third kappa shape index (κ3) is 1.72. The number of nitrogens with one attached hydrogen (secondary N) is 1. The Labute approximate surface area is 98.6 Å². The molecule has 1 aliphatic heterocycles. The van der Waals surface area contributed by atoms with Crippen LogP contribution in [0.15, 0.2) is 12.1 Å². The van der Waals surface area contributed by atoms with Gasteiger partial charge < -0.3 is 10.4 Å². The number of amides is 1. The standard InChI is InChI=1S/C13H14FNO2/c14-11-5-10-7(1-2-12(10)16)3-9(11)8-4-13(17)15-6-8/h3,5,8,12,16H,1-2,4,6H2,(H,15,17). The number of rotatable bonds is 1. The summed E-state index contributed by atoms with van der Waals surface area (Å²) in [5.74, 6) is -0.383. The second-order valence-electron chi connectivity index (χ2n) is 4.83. The average Bonchev–Trinajstić information content (AvgIpc) is 2.86. The van der Waals surface area contributed by atoms with Crippen molar-refractivity contribution in [3.8, 4) is 0 Å². The fourth-order valence-corrected chi connectivity index (χ4v) is 2.76. The molecule has 1 heterocycles. The van der Waals surface area contributed by atoms with E-state index in [1.165, 1.54) is 6.07 Å². The molecule has 90 valence electrons. The van der Waals surface area contributed by atoms with Gasteiger partial charge in [0.2, 0.25) is 5.91 Å². The van der Waals surface area contributed by atoms with Gasteiger partial charge >= 0.3 is 0 Å². The topological polar surface area (TPSA) is 49.3 Å². The van der Waals surface area contributed by atoms with Gasteiger partial charge in [0.1, 0.15) is 5.82 Å². The molecule has 17 heavy (non-hydrogen) atoms. The van der Waals surface area contributed by atoms with E-state index in [4.69, 9.17) is 0 Å². The van der Waals surface area contributed by atoms with Crippen LogP contribution in [-0.2, 0) is 11.2 Å². The van der Waals surface area contributed by atoms with Crippen molar-refractivity contribution in [2.45, 2.75) is 31.3 Å². The van der Waals surface area contributed by atoms with E-state index < -0.39 is 6.10 Å². The molecule has 0 bridgehead atoms. The molecule has 1 amide bonds. The minimum absolute atomic E-state index is 0.0186. The van der Waals surface area contributed by atoms with Gasteiger partial charge in [0.15, 0.2) is 0 Å². The molecule has 2 atom stereocenters. The highest BCUT2D eigenvalue weighted by molar-refractivity contribution is 5.79. The van der Waals surface area contributed by atoms with Gasteiger partial charge in [0.25, 0.3) is 0 Å². The molecule has 2 N–H and O–H groups in total. The molecular weight excluding hydrogens is 221 g/mol. The lowest BCUT2D eigenvalue weighted by Crippen LogP contribution is -2.13. The minimum atomic E-state index is -0.531. The van der Waals surface area contributed by atoms with Crippen molar-refractivity contribution in [1.82, 2.24) is 5.32 Å². The van der Waals surface area contributed by atoms with Gasteiger partial charge in [-0.05, 0) is 35.6 Å². The Balaban J connectivity index is 1.98. The summed E-state index contributed by atoms with van der Waals surface area (Å²) in [4.78, 5) is 11.2. The third-order valence-electron chi connectivity index (χ3n) is 3.72. The molecule has 0 spiro atoms. The maximum absolute atomic E-state index is 13.9. The summed E-state index contributed by atoms with van der Waals surface area (Å²) in [5, 5.41) is 12.4. The van der Waals surface area contributed by atoms with E-state index >= 15 is 0 Å². The van der Waals surface area contributed by atoms with Crippen LogP contribution in [0.25, 0.3) is 0 Å². The van der Waals surface area contributed by atoms with Gasteiger partial charge in [-0.15, -0.1) is 0 Å². The van der Waals surface area contributed by atoms with Crippen molar-refractivity contribution in [1.29, 1.82) is 0 Å². The molecule has 2 aliphatic rings. The summed E-state index contributed by atoms with van der Waals surface area (Å²) in [6.45, 7) is 0.511. The molecule has 1 saturated heterocycles. The molecule has 3 rings (SSSR count). The summed E-state index contributed by atoms with van der Waals surface area (Å²) in [6, 6.07) is 3.26. The lowest BCUT2D eigenvalue weighted by atomic mass is 9.94. The molecule has 0 aromatic heterocycles. The molecule has 0 radical (unpaired) electrons. The quantitative estimate of drug-likeness (QED) is 0.773. The largest absolute Gasteiger partial charge is 0.388 e. The Morgan fingerprint density at radius 1 is 1.35 bits per heavy atom. The predicted octanol–water partition coefficient (Wildman–Crippen LogP) is 1.41. The fraction of sp³-hybridized carbons (Fsp3) is 0.462. The minimum Gasteiger partial charge on any atom is -0.388 e. The number of aryl methyl sites for hydroxylation is 1. The van der Waals surface area contributed by atoms with Crippen LogP contribution >= 0.6 is 0 Å². The van der Waals surface area contributed by atoms with Gasteiger partial charge in [-0.1, -0.05) is 6.07 Å². The van der Waals surface area contributed by atoms with Crippen LogP contribution in [0, 0.1) is 5.82 Å². The Hall–Kier alpha value is -1.42. The van der Waals surface area contributed by atoms with Crippen LogP contribution in [0.5, 0.6) is 0 Å². The normalized spacial score (nSPS) is 27.1. The number of hydrogen-bond donors (Lipinski definition) is 2. The zero-order valence-corrected chi connectivity index (χ0v) is 9.37. The van der Waals surface area contributed by atoms with Gasteiger partial charge in [-0.3, -0.25) is 4.79 Å². The van der Waals surface area contributed by atoms with Crippen LogP contribution in [0.2, 0.25) is 0 Å². The molecule has 1 fully saturated rings. The number of aliphatic hydroxyl groups excluding tert-OH is 1. The lowest BCUT2D eigenvalue weighted by molar-refractivity contribution is -0.119. The van der Waals surface area contributed by atoms with E-state index in [-0.39, 0.29) is 17.6 Å². The van der Waals surface area contributed by atoms with Gasteiger partial charge in [-0.25, -0.2) is 4.39 Å². The van der Waals surface area contributed by atoms with Crippen molar-refractivity contribution in [3.63, 3.8) is 0 Å². The summed E-state index contributed by atoms with van der Waals surface area (Å²) in [6.07, 6.45) is 1.29. The summed E-state index contributed by atoms with van der Waals surface area (Å²) in [7, 11) is 0. The van der Waals surface area contributed by atoms with Crippen LogP contribution in [0.1, 0.15) is 41.6 Å². The first kappa shape index (κ1) is 10.7. The number of fused-ring (bicyclic) bond motifs is 1. The van der Waals surface area contributed by atoms with E-state index in [9.17, 15) is 14.3 Å². The Kier molecular flexibility index (Phi) is 2.40. The first-order valence-electron chi connectivity index (χ1n) is 5.92. The first-order valence-corrected chi connectivity index (χ1v) is 5.92. The first-order chi connectivity index (χ1) is 8.15. The predicted molar refractivity (Wildman–Crippen MR) is 60.0 cm³/mol. The number of carbonyl (C=O) groups excluding carboxylic acids is 1. The average molecular weight is 235 g/mol. The van der Waals surface area contributed by atoms with Crippen LogP contribution < -0.4 is 5.32 Å². The van der Waals surface area contributed by atoms with Gasteiger partial charge in [0, 0.05) is 18.9 Å². The van der Waals surface area contributed by atoms with E-state index in [1.54, 1.807) is 0 Å². The van der Waals surface area contributed by atoms with E-state index in [2.05, 4.69) is 5.32 Å². The van der Waals surface area contributed by atoms with Gasteiger partial charge in [-0.2, -0.15) is 0 Å². The number of aliphatic hydroxyl groups is 1. The Morgan fingerprint density at radius 3 is 2.88 bits per heavy atom. The molecule has 1 aliphatic carbocycles. The van der Waals surface area contributed by atoms with Crippen LogP contribution in [-0.4, -0.2) is 17.6 Å². The maximum atomic E-state index is 13.9. The number of hydrogen-bond acceptors (Lipinski definition) is 2. The van der Waals surface area contributed by atoms with Crippen molar-refractivity contribution in [3.05, 3.63) is 34.6 Å². The summed E-state index contributed by atoms with van der Waals surface area (Å²) < 4.78 is 13.9. The third-order valence-corrected chi connectivity index (χ3v) is 3.72. The lowest BCUT2D eigenvalue weighted by Gasteiger charge is -2.12. The molecule has 4 heteroatoms. The van der Waals surface area contributed by atoms with Crippen molar-refractivity contribution < 1.29 is 14.3 Å². The van der Waals surface area contributed by atoms with Crippen molar-refractivity contribution in [2.24, 2.45) is 0 Å². The van der Waals surface area contributed by atoms with Crippen molar-refractivity contribution >= 4 is 5.91 Å². The van der Waals surface area contributed by atoms with Crippen LogP contribution in [0.4, 0.5) is 4.39 Å². The highest BCUT2D eigenvalue weighted by atomic mass is 19.1. The van der Waals surface area contributed by atoms with E-state index in [0.29, 0.717) is 30.5 Å². The summed E-state index contributed by atoms with van der Waals surface area (Å²) in [5.41, 5.74) is 2.34. The van der Waals surface area contributed by atoms with Crippen LogP contribution in [0.3, 0.4) is 0 Å².